The monoisotopic (exact) mass is 342 g/mol. The van der Waals surface area contributed by atoms with E-state index in [-0.39, 0.29) is 6.61 Å². The Morgan fingerprint density at radius 1 is 1.24 bits per heavy atom. The maximum absolute atomic E-state index is 10.1. The molecule has 0 saturated carbocycles. The van der Waals surface area contributed by atoms with Crippen LogP contribution in [0.25, 0.3) is 0 Å². The molecule has 1 aromatic heterocycles. The Balaban J connectivity index is 1.42. The number of aromatic nitrogens is 2. The molecule has 1 aliphatic heterocycles. The lowest BCUT2D eigenvalue weighted by molar-refractivity contribution is 0.103. The summed E-state index contributed by atoms with van der Waals surface area (Å²) in [6, 6.07) is 13.9. The summed E-state index contributed by atoms with van der Waals surface area (Å²) in [6.07, 6.45) is 1.67. The quantitative estimate of drug-likeness (QED) is 0.799. The second-order valence-electron chi connectivity index (χ2n) is 6.50. The Labute approximate surface area is 148 Å². The third kappa shape index (κ3) is 5.41. The van der Waals surface area contributed by atoms with Crippen LogP contribution < -0.4 is 15.0 Å². The van der Waals surface area contributed by atoms with E-state index < -0.39 is 6.10 Å². The van der Waals surface area contributed by atoms with Gasteiger partial charge in [0.05, 0.1) is 5.69 Å². The number of piperidine rings is 1. The molecule has 0 aliphatic carbocycles. The first-order chi connectivity index (χ1) is 12.2. The average molecular weight is 342 g/mol. The molecule has 2 N–H and O–H groups in total. The third-order valence-corrected chi connectivity index (χ3v) is 4.36. The minimum atomic E-state index is -0.533. The van der Waals surface area contributed by atoms with Gasteiger partial charge in [0.1, 0.15) is 18.5 Å². The number of ether oxygens (including phenoxy) is 1. The number of aliphatic hydroxyl groups is 1. The maximum Gasteiger partial charge on any atom is 0.151 e. The predicted octanol–water partition coefficient (Wildman–Crippen LogP) is 1.78. The van der Waals surface area contributed by atoms with Crippen molar-refractivity contribution in [1.82, 2.24) is 15.5 Å². The zero-order valence-corrected chi connectivity index (χ0v) is 14.6. The van der Waals surface area contributed by atoms with Gasteiger partial charge in [-0.15, -0.1) is 5.10 Å². The van der Waals surface area contributed by atoms with E-state index in [0.717, 1.165) is 43.2 Å². The van der Waals surface area contributed by atoms with E-state index in [2.05, 4.69) is 20.4 Å². The molecule has 134 valence electrons. The number of aliphatic hydroxyl groups excluding tert-OH is 1. The Morgan fingerprint density at radius 3 is 2.84 bits per heavy atom. The standard InChI is InChI=1S/C19H26N4O2/c1-15-9-10-19(22-21-15)23-11-5-6-16(13-23)20-12-17(24)14-25-18-7-3-2-4-8-18/h2-4,7-10,16-17,20,24H,5-6,11-14H2,1H3/t16-,17-/m0/s1. The lowest BCUT2D eigenvalue weighted by Crippen LogP contribution is -2.48. The van der Waals surface area contributed by atoms with Crippen LogP contribution in [0.3, 0.4) is 0 Å². The van der Waals surface area contributed by atoms with Gasteiger partial charge in [-0.3, -0.25) is 0 Å². The summed E-state index contributed by atoms with van der Waals surface area (Å²) in [6.45, 7) is 4.62. The Hall–Kier alpha value is -2.18. The molecule has 0 bridgehead atoms. The zero-order chi connectivity index (χ0) is 17.5. The molecule has 6 heteroatoms. The van der Waals surface area contributed by atoms with Crippen LogP contribution in [-0.4, -0.2) is 53.7 Å². The fourth-order valence-electron chi connectivity index (χ4n) is 2.98. The molecule has 0 unspecified atom stereocenters. The molecule has 0 amide bonds. The summed E-state index contributed by atoms with van der Waals surface area (Å²) in [5, 5.41) is 22.0. The number of rotatable bonds is 7. The molecule has 0 radical (unpaired) electrons. The van der Waals surface area contributed by atoms with Gasteiger partial charge in [0.25, 0.3) is 0 Å². The molecular weight excluding hydrogens is 316 g/mol. The third-order valence-electron chi connectivity index (χ3n) is 4.36. The number of anilines is 1. The van der Waals surface area contributed by atoms with Crippen molar-refractivity contribution in [3.8, 4) is 5.75 Å². The van der Waals surface area contributed by atoms with E-state index in [1.807, 2.05) is 49.4 Å². The first kappa shape index (κ1) is 17.6. The van der Waals surface area contributed by atoms with Gasteiger partial charge in [-0.1, -0.05) is 18.2 Å². The summed E-state index contributed by atoms with van der Waals surface area (Å²) in [5.74, 6) is 1.70. The molecule has 3 rings (SSSR count). The minimum Gasteiger partial charge on any atom is -0.491 e. The predicted molar refractivity (Wildman–Crippen MR) is 98.0 cm³/mol. The topological polar surface area (TPSA) is 70.5 Å². The fourth-order valence-corrected chi connectivity index (χ4v) is 2.98. The number of para-hydroxylation sites is 1. The molecular formula is C19H26N4O2. The van der Waals surface area contributed by atoms with Crippen LogP contribution in [-0.2, 0) is 0 Å². The first-order valence-electron chi connectivity index (χ1n) is 8.85. The van der Waals surface area contributed by atoms with Gasteiger partial charge in [0.15, 0.2) is 5.82 Å². The SMILES string of the molecule is Cc1ccc(N2CCC[C@H](NC[C@H](O)COc3ccccc3)C2)nn1. The van der Waals surface area contributed by atoms with Crippen LogP contribution in [0.4, 0.5) is 5.82 Å². The van der Waals surface area contributed by atoms with Gasteiger partial charge in [0, 0.05) is 25.7 Å². The highest BCUT2D eigenvalue weighted by Gasteiger charge is 2.21. The van der Waals surface area contributed by atoms with Crippen LogP contribution in [0.5, 0.6) is 5.75 Å². The maximum atomic E-state index is 10.1. The summed E-state index contributed by atoms with van der Waals surface area (Å²) < 4.78 is 5.59. The number of nitrogens with one attached hydrogen (secondary N) is 1. The van der Waals surface area contributed by atoms with Crippen molar-refractivity contribution in [2.45, 2.75) is 31.9 Å². The lowest BCUT2D eigenvalue weighted by atomic mass is 10.1. The molecule has 25 heavy (non-hydrogen) atoms. The second-order valence-corrected chi connectivity index (χ2v) is 6.50. The van der Waals surface area contributed by atoms with E-state index in [0.29, 0.717) is 12.6 Å². The highest BCUT2D eigenvalue weighted by Crippen LogP contribution is 2.17. The van der Waals surface area contributed by atoms with Gasteiger partial charge in [-0.2, -0.15) is 5.10 Å². The number of hydrogen-bond donors (Lipinski definition) is 2. The van der Waals surface area contributed by atoms with Crippen LogP contribution in [0.2, 0.25) is 0 Å². The fraction of sp³-hybridized carbons (Fsp3) is 0.474. The van der Waals surface area contributed by atoms with Gasteiger partial charge in [-0.05, 0) is 44.0 Å². The van der Waals surface area contributed by atoms with Crippen molar-refractivity contribution in [2.24, 2.45) is 0 Å². The highest BCUT2D eigenvalue weighted by molar-refractivity contribution is 5.38. The van der Waals surface area contributed by atoms with E-state index >= 15 is 0 Å². The highest BCUT2D eigenvalue weighted by atomic mass is 16.5. The second kappa shape index (κ2) is 8.78. The molecule has 1 aliphatic rings. The summed E-state index contributed by atoms with van der Waals surface area (Å²) in [4.78, 5) is 2.25. The smallest absolute Gasteiger partial charge is 0.151 e. The zero-order valence-electron chi connectivity index (χ0n) is 14.6. The molecule has 2 aromatic rings. The van der Waals surface area contributed by atoms with E-state index in [1.54, 1.807) is 0 Å². The van der Waals surface area contributed by atoms with Gasteiger partial charge >= 0.3 is 0 Å². The van der Waals surface area contributed by atoms with Crippen LogP contribution >= 0.6 is 0 Å². The number of hydrogen-bond acceptors (Lipinski definition) is 6. The minimum absolute atomic E-state index is 0.289. The van der Waals surface area contributed by atoms with E-state index in [9.17, 15) is 5.11 Å². The van der Waals surface area contributed by atoms with Crippen molar-refractivity contribution in [2.75, 3.05) is 31.1 Å². The van der Waals surface area contributed by atoms with E-state index in [4.69, 9.17) is 4.74 Å². The number of aryl methyl sites for hydroxylation is 1. The molecule has 2 heterocycles. The van der Waals surface area contributed by atoms with Crippen molar-refractivity contribution in [3.63, 3.8) is 0 Å². The molecule has 6 nitrogen and oxygen atoms in total. The number of nitrogens with zero attached hydrogens (tertiary/aromatic N) is 3. The van der Waals surface area contributed by atoms with Crippen LogP contribution in [0.1, 0.15) is 18.5 Å². The Kier molecular flexibility index (Phi) is 6.19. The summed E-state index contributed by atoms with van der Waals surface area (Å²) >= 11 is 0. The van der Waals surface area contributed by atoms with Crippen molar-refractivity contribution < 1.29 is 9.84 Å². The molecule has 1 saturated heterocycles. The van der Waals surface area contributed by atoms with Crippen LogP contribution in [0, 0.1) is 6.92 Å². The first-order valence-corrected chi connectivity index (χ1v) is 8.85. The summed E-state index contributed by atoms with van der Waals surface area (Å²) in [7, 11) is 0. The number of benzene rings is 1. The molecule has 1 fully saturated rings. The lowest BCUT2D eigenvalue weighted by Gasteiger charge is -2.34. The van der Waals surface area contributed by atoms with Gasteiger partial charge in [0.2, 0.25) is 0 Å². The van der Waals surface area contributed by atoms with Crippen molar-refractivity contribution >= 4 is 5.82 Å². The Bertz CT molecular complexity index is 636. The van der Waals surface area contributed by atoms with Crippen molar-refractivity contribution in [3.05, 3.63) is 48.2 Å². The average Bonchev–Trinajstić information content (AvgIpc) is 2.66. The normalized spacial score (nSPS) is 18.8. The molecule has 1 aromatic carbocycles. The molecule has 0 spiro atoms. The largest absolute Gasteiger partial charge is 0.491 e. The van der Waals surface area contributed by atoms with Crippen molar-refractivity contribution in [1.29, 1.82) is 0 Å². The van der Waals surface area contributed by atoms with Gasteiger partial charge < -0.3 is 20.1 Å². The Morgan fingerprint density at radius 2 is 2.08 bits per heavy atom. The van der Waals surface area contributed by atoms with Gasteiger partial charge in [-0.25, -0.2) is 0 Å². The molecule has 2 atom stereocenters. The van der Waals surface area contributed by atoms with E-state index in [1.165, 1.54) is 0 Å². The van der Waals surface area contributed by atoms with Crippen LogP contribution in [0.15, 0.2) is 42.5 Å². The summed E-state index contributed by atoms with van der Waals surface area (Å²) in [5.41, 5.74) is 0.928.